The van der Waals surface area contributed by atoms with E-state index in [9.17, 15) is 0 Å². The predicted octanol–water partition coefficient (Wildman–Crippen LogP) is 3.59. The summed E-state index contributed by atoms with van der Waals surface area (Å²) in [6.45, 7) is 4.91. The van der Waals surface area contributed by atoms with Crippen molar-refractivity contribution >= 4 is 11.5 Å². The van der Waals surface area contributed by atoms with Crippen molar-refractivity contribution < 1.29 is 4.42 Å². The summed E-state index contributed by atoms with van der Waals surface area (Å²) in [5, 5.41) is 3.33. The maximum absolute atomic E-state index is 5.53. The quantitative estimate of drug-likeness (QED) is 0.922. The Labute approximate surface area is 119 Å². The molecule has 2 aromatic rings. The zero-order valence-corrected chi connectivity index (χ0v) is 11.9. The Morgan fingerprint density at radius 2 is 2.00 bits per heavy atom. The molecule has 4 heteroatoms. The molecular weight excluding hydrogens is 250 g/mol. The molecule has 0 saturated carbocycles. The fourth-order valence-electron chi connectivity index (χ4n) is 2.57. The van der Waals surface area contributed by atoms with Crippen LogP contribution in [0.15, 0.2) is 34.9 Å². The summed E-state index contributed by atoms with van der Waals surface area (Å²) < 4.78 is 5.53. The highest BCUT2D eigenvalue weighted by Crippen LogP contribution is 2.19. The molecule has 20 heavy (non-hydrogen) atoms. The van der Waals surface area contributed by atoms with Crippen molar-refractivity contribution in [1.29, 1.82) is 0 Å². The minimum absolute atomic E-state index is 0.693. The summed E-state index contributed by atoms with van der Waals surface area (Å²) in [6, 6.07) is 8.17. The van der Waals surface area contributed by atoms with Gasteiger partial charge in [0.25, 0.3) is 0 Å². The lowest BCUT2D eigenvalue weighted by molar-refractivity contribution is 0.490. The van der Waals surface area contributed by atoms with Crippen molar-refractivity contribution in [3.8, 4) is 0 Å². The number of nitrogens with one attached hydrogen (secondary N) is 1. The zero-order valence-electron chi connectivity index (χ0n) is 11.9. The zero-order chi connectivity index (χ0) is 13.8. The molecule has 3 heterocycles. The first-order chi connectivity index (χ1) is 9.81. The molecule has 1 saturated heterocycles. The second-order valence-corrected chi connectivity index (χ2v) is 5.32. The Bertz CT molecular complexity index is 541. The maximum Gasteiger partial charge on any atom is 0.128 e. The Hall–Kier alpha value is -1.97. The number of nitrogens with zero attached hydrogens (tertiary/aromatic N) is 2. The van der Waals surface area contributed by atoms with Crippen molar-refractivity contribution in [3.05, 3.63) is 42.0 Å². The van der Waals surface area contributed by atoms with E-state index < -0.39 is 0 Å². The summed E-state index contributed by atoms with van der Waals surface area (Å²) in [5.41, 5.74) is 1.03. The van der Waals surface area contributed by atoms with Gasteiger partial charge in [0.2, 0.25) is 0 Å². The van der Waals surface area contributed by atoms with Crippen LogP contribution >= 0.6 is 0 Å². The molecule has 1 aliphatic heterocycles. The molecule has 0 bridgehead atoms. The highest BCUT2D eigenvalue weighted by atomic mass is 16.3. The van der Waals surface area contributed by atoms with E-state index in [0.717, 1.165) is 36.1 Å². The van der Waals surface area contributed by atoms with Crippen LogP contribution in [0.1, 0.15) is 30.8 Å². The van der Waals surface area contributed by atoms with Crippen LogP contribution in [0, 0.1) is 6.92 Å². The number of hydrogen-bond acceptors (Lipinski definition) is 4. The second-order valence-electron chi connectivity index (χ2n) is 5.32. The Morgan fingerprint density at radius 1 is 1.15 bits per heavy atom. The average molecular weight is 271 g/mol. The van der Waals surface area contributed by atoms with Crippen LogP contribution < -0.4 is 10.2 Å². The Balaban J connectivity index is 1.58. The number of aryl methyl sites for hydroxylation is 1. The molecule has 0 radical (unpaired) electrons. The molecule has 3 rings (SSSR count). The summed E-state index contributed by atoms with van der Waals surface area (Å²) in [4.78, 5) is 6.92. The lowest BCUT2D eigenvalue weighted by Crippen LogP contribution is -2.30. The molecule has 1 fully saturated rings. The van der Waals surface area contributed by atoms with E-state index in [1.807, 2.05) is 25.3 Å². The third kappa shape index (κ3) is 3.13. The van der Waals surface area contributed by atoms with E-state index in [4.69, 9.17) is 4.42 Å². The minimum atomic E-state index is 0.693. The molecule has 0 aliphatic carbocycles. The van der Waals surface area contributed by atoms with E-state index in [1.165, 1.54) is 19.3 Å². The number of furan rings is 1. The number of aromatic nitrogens is 1. The van der Waals surface area contributed by atoms with Gasteiger partial charge in [-0.25, -0.2) is 4.98 Å². The summed E-state index contributed by atoms with van der Waals surface area (Å²) in [5.74, 6) is 2.98. The van der Waals surface area contributed by atoms with Crippen LogP contribution in [-0.2, 0) is 6.54 Å². The maximum atomic E-state index is 5.53. The van der Waals surface area contributed by atoms with Crippen molar-refractivity contribution in [2.75, 3.05) is 23.3 Å². The smallest absolute Gasteiger partial charge is 0.128 e. The second kappa shape index (κ2) is 5.99. The molecule has 0 atom stereocenters. The number of rotatable bonds is 4. The highest BCUT2D eigenvalue weighted by molar-refractivity contribution is 5.48. The number of hydrogen-bond donors (Lipinski definition) is 1. The van der Waals surface area contributed by atoms with Gasteiger partial charge in [-0.15, -0.1) is 0 Å². The van der Waals surface area contributed by atoms with E-state index in [0.29, 0.717) is 6.54 Å². The van der Waals surface area contributed by atoms with E-state index in [2.05, 4.69) is 27.3 Å². The average Bonchev–Trinajstić information content (AvgIpc) is 2.92. The minimum Gasteiger partial charge on any atom is -0.465 e. The van der Waals surface area contributed by atoms with Gasteiger partial charge in [0.15, 0.2) is 0 Å². The Morgan fingerprint density at radius 3 is 2.65 bits per heavy atom. The van der Waals surface area contributed by atoms with Crippen LogP contribution in [0.5, 0.6) is 0 Å². The van der Waals surface area contributed by atoms with Gasteiger partial charge in [0, 0.05) is 13.1 Å². The van der Waals surface area contributed by atoms with E-state index >= 15 is 0 Å². The largest absolute Gasteiger partial charge is 0.465 e. The molecule has 2 aromatic heterocycles. The monoisotopic (exact) mass is 271 g/mol. The summed E-state index contributed by atoms with van der Waals surface area (Å²) in [6.07, 6.45) is 5.80. The first kappa shape index (κ1) is 13.0. The molecule has 0 unspecified atom stereocenters. The summed E-state index contributed by atoms with van der Waals surface area (Å²) >= 11 is 0. The number of pyridine rings is 1. The van der Waals surface area contributed by atoms with Crippen molar-refractivity contribution in [3.63, 3.8) is 0 Å². The molecule has 1 aliphatic rings. The van der Waals surface area contributed by atoms with Gasteiger partial charge in [-0.2, -0.15) is 0 Å². The molecule has 0 spiro atoms. The fraction of sp³-hybridized carbons (Fsp3) is 0.438. The highest BCUT2D eigenvalue weighted by Gasteiger charge is 2.11. The van der Waals surface area contributed by atoms with Crippen molar-refractivity contribution in [2.24, 2.45) is 0 Å². The van der Waals surface area contributed by atoms with Gasteiger partial charge in [0.1, 0.15) is 17.3 Å². The molecule has 0 amide bonds. The first-order valence-corrected chi connectivity index (χ1v) is 7.31. The van der Waals surface area contributed by atoms with Gasteiger partial charge in [-0.3, -0.25) is 0 Å². The first-order valence-electron chi connectivity index (χ1n) is 7.31. The number of piperidine rings is 1. The number of anilines is 2. The van der Waals surface area contributed by atoms with Crippen LogP contribution in [0.25, 0.3) is 0 Å². The van der Waals surface area contributed by atoms with Gasteiger partial charge in [-0.1, -0.05) is 0 Å². The third-order valence-electron chi connectivity index (χ3n) is 3.69. The van der Waals surface area contributed by atoms with Crippen LogP contribution in [0.2, 0.25) is 0 Å². The lowest BCUT2D eigenvalue weighted by Gasteiger charge is -2.27. The van der Waals surface area contributed by atoms with Crippen LogP contribution in [-0.4, -0.2) is 18.1 Å². The van der Waals surface area contributed by atoms with Gasteiger partial charge >= 0.3 is 0 Å². The van der Waals surface area contributed by atoms with Crippen molar-refractivity contribution in [1.82, 2.24) is 4.98 Å². The van der Waals surface area contributed by atoms with Gasteiger partial charge in [0.05, 0.1) is 18.4 Å². The Kier molecular flexibility index (Phi) is 3.90. The topological polar surface area (TPSA) is 41.3 Å². The van der Waals surface area contributed by atoms with E-state index in [-0.39, 0.29) is 0 Å². The fourth-order valence-corrected chi connectivity index (χ4v) is 2.57. The molecule has 106 valence electrons. The van der Waals surface area contributed by atoms with E-state index in [1.54, 1.807) is 0 Å². The molecule has 4 nitrogen and oxygen atoms in total. The molecule has 0 aromatic carbocycles. The molecular formula is C16H21N3O. The van der Waals surface area contributed by atoms with Gasteiger partial charge in [-0.05, 0) is 50.5 Å². The SMILES string of the molecule is Cc1ccc(CNc2ccc(N3CCCCC3)nc2)o1. The van der Waals surface area contributed by atoms with Crippen molar-refractivity contribution in [2.45, 2.75) is 32.7 Å². The van der Waals surface area contributed by atoms with Gasteiger partial charge < -0.3 is 14.6 Å². The normalized spacial score (nSPS) is 15.3. The van der Waals surface area contributed by atoms with Crippen LogP contribution in [0.3, 0.4) is 0 Å². The standard InChI is InChI=1S/C16H21N3O/c1-13-5-7-15(20-13)12-17-14-6-8-16(18-11-14)19-9-3-2-4-10-19/h5-8,11,17H,2-4,9-10,12H2,1H3. The third-order valence-corrected chi connectivity index (χ3v) is 3.69. The lowest BCUT2D eigenvalue weighted by atomic mass is 10.1. The predicted molar refractivity (Wildman–Crippen MR) is 81.1 cm³/mol. The van der Waals surface area contributed by atoms with Crippen LogP contribution in [0.4, 0.5) is 11.5 Å². The summed E-state index contributed by atoms with van der Waals surface area (Å²) in [7, 11) is 0. The molecule has 1 N–H and O–H groups in total.